The minimum atomic E-state index is -0.232. The molecule has 0 saturated heterocycles. The van der Waals surface area contributed by atoms with Crippen molar-refractivity contribution < 1.29 is 14.4 Å². The fraction of sp³-hybridized carbons (Fsp3) is 0.176. The van der Waals surface area contributed by atoms with Gasteiger partial charge in [-0.05, 0) is 24.1 Å². The molecule has 0 aromatic carbocycles. The third kappa shape index (κ3) is 2.83. The first-order chi connectivity index (χ1) is 11.1. The maximum absolute atomic E-state index is 12.8. The molecule has 1 amide bonds. The van der Waals surface area contributed by atoms with Crippen molar-refractivity contribution in [3.8, 4) is 0 Å². The summed E-state index contributed by atoms with van der Waals surface area (Å²) in [6.07, 6.45) is 6.65. The van der Waals surface area contributed by atoms with Crippen LogP contribution in [-0.4, -0.2) is 34.0 Å². The highest BCUT2D eigenvalue weighted by atomic mass is 16.1. The van der Waals surface area contributed by atoms with Crippen LogP contribution in [0.2, 0.25) is 0 Å². The Morgan fingerprint density at radius 2 is 2.17 bits per heavy atom. The molecule has 0 fully saturated rings. The normalized spacial score (nSPS) is 13.5. The van der Waals surface area contributed by atoms with Crippen LogP contribution in [0.3, 0.4) is 0 Å². The summed E-state index contributed by atoms with van der Waals surface area (Å²) in [5.74, 6) is -0.566. The van der Waals surface area contributed by atoms with Gasteiger partial charge in [-0.2, -0.15) is 0 Å². The number of aromatic amines is 1. The van der Waals surface area contributed by atoms with Crippen LogP contribution >= 0.6 is 0 Å². The third-order valence-electron chi connectivity index (χ3n) is 3.70. The van der Waals surface area contributed by atoms with Gasteiger partial charge in [0.1, 0.15) is 0 Å². The van der Waals surface area contributed by atoms with E-state index in [1.807, 2.05) is 0 Å². The number of carbonyl (C=O) groups excluding carboxylic acids is 3. The van der Waals surface area contributed by atoms with Crippen LogP contribution in [0.5, 0.6) is 0 Å². The highest BCUT2D eigenvalue weighted by Crippen LogP contribution is 2.29. The van der Waals surface area contributed by atoms with Crippen LogP contribution in [0.4, 0.5) is 0 Å². The molecule has 0 atom stereocenters. The van der Waals surface area contributed by atoms with Crippen molar-refractivity contribution >= 4 is 23.0 Å². The highest BCUT2D eigenvalue weighted by molar-refractivity contribution is 6.38. The molecule has 1 aliphatic rings. The van der Waals surface area contributed by atoms with Gasteiger partial charge in [-0.15, -0.1) is 0 Å². The van der Waals surface area contributed by atoms with E-state index in [4.69, 9.17) is 0 Å². The minimum absolute atomic E-state index is 0.132. The first-order valence-electron chi connectivity index (χ1n) is 7.23. The third-order valence-corrected chi connectivity index (χ3v) is 3.70. The monoisotopic (exact) mass is 309 g/mol. The predicted molar refractivity (Wildman–Crippen MR) is 84.1 cm³/mol. The van der Waals surface area contributed by atoms with Crippen molar-refractivity contribution in [2.24, 2.45) is 0 Å². The second-order valence-electron chi connectivity index (χ2n) is 5.29. The molecule has 0 spiro atoms. The molecule has 0 saturated carbocycles. The van der Waals surface area contributed by atoms with Gasteiger partial charge in [-0.1, -0.05) is 6.07 Å². The number of allylic oxidation sites excluding steroid dienone is 2. The van der Waals surface area contributed by atoms with Crippen LogP contribution in [0, 0.1) is 0 Å². The van der Waals surface area contributed by atoms with Gasteiger partial charge in [0.25, 0.3) is 0 Å². The van der Waals surface area contributed by atoms with Crippen molar-refractivity contribution in [1.29, 1.82) is 0 Å². The van der Waals surface area contributed by atoms with E-state index in [1.165, 1.54) is 13.0 Å². The van der Waals surface area contributed by atoms with Crippen LogP contribution in [0.1, 0.15) is 38.9 Å². The maximum Gasteiger partial charge on any atom is 0.216 e. The number of pyridine rings is 1. The Balaban J connectivity index is 1.93. The average Bonchev–Trinajstić information content (AvgIpc) is 2.96. The number of rotatable bonds is 4. The van der Waals surface area contributed by atoms with Gasteiger partial charge in [-0.25, -0.2) is 0 Å². The minimum Gasteiger partial charge on any atom is -0.358 e. The zero-order valence-electron chi connectivity index (χ0n) is 12.6. The van der Waals surface area contributed by atoms with Gasteiger partial charge in [-0.3, -0.25) is 19.4 Å². The Morgan fingerprint density at radius 3 is 2.87 bits per heavy atom. The number of ketones is 2. The van der Waals surface area contributed by atoms with E-state index in [0.717, 1.165) is 5.56 Å². The van der Waals surface area contributed by atoms with Crippen molar-refractivity contribution in [3.05, 3.63) is 59.2 Å². The molecule has 6 heteroatoms. The number of fused-ring (bicyclic) bond motifs is 1. The molecule has 0 unspecified atom stereocenters. The second-order valence-corrected chi connectivity index (χ2v) is 5.29. The van der Waals surface area contributed by atoms with Crippen molar-refractivity contribution in [2.75, 3.05) is 6.54 Å². The molecule has 2 aromatic heterocycles. The molecule has 2 heterocycles. The molecular weight excluding hydrogens is 294 g/mol. The van der Waals surface area contributed by atoms with E-state index >= 15 is 0 Å². The van der Waals surface area contributed by atoms with E-state index in [0.29, 0.717) is 35.4 Å². The molecule has 116 valence electrons. The number of H-pyrrole nitrogens is 1. The van der Waals surface area contributed by atoms with Gasteiger partial charge in [0.05, 0.1) is 11.3 Å². The van der Waals surface area contributed by atoms with E-state index < -0.39 is 0 Å². The summed E-state index contributed by atoms with van der Waals surface area (Å²) in [4.78, 5) is 42.9. The molecule has 2 aromatic rings. The van der Waals surface area contributed by atoms with E-state index in [2.05, 4.69) is 15.3 Å². The maximum atomic E-state index is 12.8. The number of hydrogen-bond acceptors (Lipinski definition) is 4. The lowest BCUT2D eigenvalue weighted by atomic mass is 9.88. The number of amides is 1. The summed E-state index contributed by atoms with van der Waals surface area (Å²) in [5, 5.41) is 2.69. The zero-order valence-corrected chi connectivity index (χ0v) is 12.6. The molecule has 3 rings (SSSR count). The molecule has 6 nitrogen and oxygen atoms in total. The Bertz CT molecular complexity index is 819. The van der Waals surface area contributed by atoms with E-state index in [-0.39, 0.29) is 17.5 Å². The van der Waals surface area contributed by atoms with Crippen LogP contribution in [-0.2, 0) is 11.2 Å². The largest absolute Gasteiger partial charge is 0.358 e. The smallest absolute Gasteiger partial charge is 0.216 e. The lowest BCUT2D eigenvalue weighted by molar-refractivity contribution is -0.118. The van der Waals surface area contributed by atoms with E-state index in [9.17, 15) is 14.4 Å². The summed E-state index contributed by atoms with van der Waals surface area (Å²) < 4.78 is 0. The predicted octanol–water partition coefficient (Wildman–Crippen LogP) is 1.55. The molecular formula is C17H15N3O3. The summed E-state index contributed by atoms with van der Waals surface area (Å²) in [7, 11) is 0. The first-order valence-corrected chi connectivity index (χ1v) is 7.23. The lowest BCUT2D eigenvalue weighted by Gasteiger charge is -2.13. The Kier molecular flexibility index (Phi) is 3.89. The fourth-order valence-electron chi connectivity index (χ4n) is 2.63. The molecule has 23 heavy (non-hydrogen) atoms. The van der Waals surface area contributed by atoms with Gasteiger partial charge >= 0.3 is 0 Å². The molecule has 0 aliphatic heterocycles. The summed E-state index contributed by atoms with van der Waals surface area (Å²) in [6, 6.07) is 3.47. The fourth-order valence-corrected chi connectivity index (χ4v) is 2.63. The molecule has 2 N–H and O–H groups in total. The summed E-state index contributed by atoms with van der Waals surface area (Å²) >= 11 is 0. The second kappa shape index (κ2) is 6.00. The number of aromatic nitrogens is 2. The quantitative estimate of drug-likeness (QED) is 0.896. The van der Waals surface area contributed by atoms with Crippen LogP contribution < -0.4 is 5.32 Å². The first kappa shape index (κ1) is 14.9. The Hall–Kier alpha value is -3.02. The van der Waals surface area contributed by atoms with Gasteiger partial charge < -0.3 is 10.3 Å². The molecule has 1 aliphatic carbocycles. The van der Waals surface area contributed by atoms with Crippen molar-refractivity contribution in [3.63, 3.8) is 0 Å². The molecule has 0 bridgehead atoms. The number of Topliss-reactive ketones (excluding diaryl/α,β-unsaturated/α-hetero) is 1. The number of hydrogen-bond donors (Lipinski definition) is 2. The van der Waals surface area contributed by atoms with Gasteiger partial charge in [0.2, 0.25) is 11.7 Å². The zero-order chi connectivity index (χ0) is 16.4. The lowest BCUT2D eigenvalue weighted by Crippen LogP contribution is -2.23. The van der Waals surface area contributed by atoms with Gasteiger partial charge in [0, 0.05) is 43.2 Å². The Labute approximate surface area is 132 Å². The number of nitrogens with zero attached hydrogens (tertiary/aromatic N) is 1. The highest BCUT2D eigenvalue weighted by Gasteiger charge is 2.30. The van der Waals surface area contributed by atoms with Crippen molar-refractivity contribution in [2.45, 2.75) is 13.3 Å². The number of carbonyl (C=O) groups is 3. The average molecular weight is 309 g/mol. The molecule has 0 radical (unpaired) electrons. The summed E-state index contributed by atoms with van der Waals surface area (Å²) in [6.45, 7) is 1.84. The van der Waals surface area contributed by atoms with Crippen LogP contribution in [0.25, 0.3) is 5.57 Å². The van der Waals surface area contributed by atoms with Crippen molar-refractivity contribution in [1.82, 2.24) is 15.3 Å². The Morgan fingerprint density at radius 1 is 1.35 bits per heavy atom. The van der Waals surface area contributed by atoms with E-state index in [1.54, 1.807) is 30.7 Å². The SMILES string of the molecule is CC(=O)NCCc1c[nH]c2c1C(=O)C(c1cccnc1)=CC2=O. The summed E-state index contributed by atoms with van der Waals surface area (Å²) in [5.41, 5.74) is 2.38. The van der Waals surface area contributed by atoms with Crippen LogP contribution in [0.15, 0.2) is 36.8 Å². The standard InChI is InChI=1S/C17H15N3O3/c1-10(21)19-6-4-12-9-20-16-14(22)7-13(17(23)15(12)16)11-3-2-5-18-8-11/h2-3,5,7-9,20H,4,6H2,1H3,(H,19,21). The number of nitrogens with one attached hydrogen (secondary N) is 2. The van der Waals surface area contributed by atoms with Gasteiger partial charge in [0.15, 0.2) is 5.78 Å². The topological polar surface area (TPSA) is 91.9 Å².